The molecule has 0 saturated carbocycles. The van der Waals surface area contributed by atoms with Gasteiger partial charge in [-0.2, -0.15) is 0 Å². The number of alkyl halides is 2. The van der Waals surface area contributed by atoms with Crippen LogP contribution in [0.5, 0.6) is 5.75 Å². The lowest BCUT2D eigenvalue weighted by molar-refractivity contribution is -0.115. The first-order valence-corrected chi connectivity index (χ1v) is 5.72. The smallest absolute Gasteiger partial charge is 0.228 e. The van der Waals surface area contributed by atoms with Crippen molar-refractivity contribution < 1.29 is 13.9 Å². The molecule has 0 radical (unpaired) electrons. The minimum absolute atomic E-state index is 0.0604. The van der Waals surface area contributed by atoms with Gasteiger partial charge in [-0.3, -0.25) is 4.79 Å². The molecule has 0 bridgehead atoms. The number of hydrogen-bond acceptors (Lipinski definition) is 2. The summed E-state index contributed by atoms with van der Waals surface area (Å²) >= 11 is 8.89. The summed E-state index contributed by atoms with van der Waals surface area (Å²) in [4.78, 5) is 11.1. The molecule has 0 spiro atoms. The Morgan fingerprint density at radius 2 is 2.27 bits per heavy atom. The zero-order chi connectivity index (χ0) is 11.3. The molecule has 0 aliphatic carbocycles. The molecule has 0 saturated heterocycles. The van der Waals surface area contributed by atoms with Gasteiger partial charge in [-0.25, -0.2) is 4.39 Å². The van der Waals surface area contributed by atoms with Crippen LogP contribution in [-0.4, -0.2) is 18.0 Å². The topological polar surface area (TPSA) is 26.3 Å². The van der Waals surface area contributed by atoms with Crippen molar-refractivity contribution >= 4 is 33.3 Å². The van der Waals surface area contributed by atoms with Crippen molar-refractivity contribution in [3.05, 3.63) is 28.8 Å². The van der Waals surface area contributed by atoms with Gasteiger partial charge in [0.15, 0.2) is 0 Å². The van der Waals surface area contributed by atoms with Gasteiger partial charge in [0.2, 0.25) is 6.86 Å². The van der Waals surface area contributed by atoms with E-state index in [1.165, 1.54) is 0 Å². The van der Waals surface area contributed by atoms with E-state index >= 15 is 0 Å². The zero-order valence-corrected chi connectivity index (χ0v) is 10.1. The Balaban J connectivity index is 2.77. The van der Waals surface area contributed by atoms with E-state index in [0.717, 1.165) is 5.56 Å². The largest absolute Gasteiger partial charge is 0.461 e. The molecule has 15 heavy (non-hydrogen) atoms. The standard InChI is InChI=1S/C10H9BrClFO2/c11-5-8(14)3-7-1-2-10(15-6-13)9(12)4-7/h1-2,4H,3,5-6H2. The Bertz CT molecular complexity index is 357. The van der Waals surface area contributed by atoms with Crippen LogP contribution in [0.4, 0.5) is 4.39 Å². The Morgan fingerprint density at radius 1 is 1.53 bits per heavy atom. The number of ether oxygens (including phenoxy) is 1. The summed E-state index contributed by atoms with van der Waals surface area (Å²) in [5.74, 6) is 0.347. The van der Waals surface area contributed by atoms with Crippen molar-refractivity contribution in [2.24, 2.45) is 0 Å². The van der Waals surface area contributed by atoms with Gasteiger partial charge in [0, 0.05) is 6.42 Å². The van der Waals surface area contributed by atoms with E-state index in [1.807, 2.05) is 0 Å². The van der Waals surface area contributed by atoms with E-state index in [2.05, 4.69) is 20.7 Å². The van der Waals surface area contributed by atoms with Gasteiger partial charge >= 0.3 is 0 Å². The number of rotatable bonds is 5. The summed E-state index contributed by atoms with van der Waals surface area (Å²) < 4.78 is 16.5. The lowest BCUT2D eigenvalue weighted by Gasteiger charge is -2.05. The summed E-state index contributed by atoms with van der Waals surface area (Å²) in [7, 11) is 0. The second kappa shape index (κ2) is 6.08. The second-order valence-corrected chi connectivity index (χ2v) is 3.84. The molecule has 0 fully saturated rings. The van der Waals surface area contributed by atoms with Crippen LogP contribution in [0.3, 0.4) is 0 Å². The maximum Gasteiger partial charge on any atom is 0.228 e. The van der Waals surface area contributed by atoms with Crippen LogP contribution in [-0.2, 0) is 11.2 Å². The van der Waals surface area contributed by atoms with Crippen molar-refractivity contribution in [2.45, 2.75) is 6.42 Å². The molecule has 2 nitrogen and oxygen atoms in total. The number of benzene rings is 1. The molecule has 82 valence electrons. The maximum absolute atomic E-state index is 11.9. The third-order valence-corrected chi connectivity index (χ3v) is 2.68. The average Bonchev–Trinajstić information content (AvgIpc) is 2.22. The molecule has 0 aliphatic rings. The highest BCUT2D eigenvalue weighted by Crippen LogP contribution is 2.25. The van der Waals surface area contributed by atoms with Crippen LogP contribution in [0.2, 0.25) is 5.02 Å². The van der Waals surface area contributed by atoms with E-state index < -0.39 is 6.86 Å². The third-order valence-electron chi connectivity index (χ3n) is 1.76. The first-order valence-electron chi connectivity index (χ1n) is 4.22. The summed E-state index contributed by atoms with van der Waals surface area (Å²) in [6.45, 7) is -0.917. The van der Waals surface area contributed by atoms with Gasteiger partial charge in [0.1, 0.15) is 11.5 Å². The number of halogens is 3. The molecule has 5 heteroatoms. The van der Waals surface area contributed by atoms with Crippen LogP contribution in [0.1, 0.15) is 5.56 Å². The van der Waals surface area contributed by atoms with Gasteiger partial charge < -0.3 is 4.74 Å². The van der Waals surface area contributed by atoms with E-state index in [0.29, 0.717) is 16.8 Å². The number of carbonyl (C=O) groups excluding carboxylic acids is 1. The van der Waals surface area contributed by atoms with Crippen LogP contribution < -0.4 is 4.74 Å². The van der Waals surface area contributed by atoms with Crippen LogP contribution in [0, 0.1) is 0 Å². The Morgan fingerprint density at radius 3 is 2.80 bits per heavy atom. The highest BCUT2D eigenvalue weighted by atomic mass is 79.9. The molecule has 0 aliphatic heterocycles. The fourth-order valence-corrected chi connectivity index (χ4v) is 1.56. The minimum Gasteiger partial charge on any atom is -0.461 e. The molecule has 1 rings (SSSR count). The molecule has 0 unspecified atom stereocenters. The van der Waals surface area contributed by atoms with Crippen molar-refractivity contribution in [1.29, 1.82) is 0 Å². The summed E-state index contributed by atoms with van der Waals surface area (Å²) in [5, 5.41) is 0.625. The Labute approximate surface area is 101 Å². The highest BCUT2D eigenvalue weighted by molar-refractivity contribution is 9.09. The molecule has 0 aromatic heterocycles. The number of Topliss-reactive ketones (excluding diaryl/α,β-unsaturated/α-hetero) is 1. The molecular formula is C10H9BrClFO2. The van der Waals surface area contributed by atoms with Gasteiger partial charge in [-0.05, 0) is 17.7 Å². The van der Waals surface area contributed by atoms with Gasteiger partial charge in [-0.1, -0.05) is 33.6 Å². The molecule has 0 N–H and O–H groups in total. The number of hydrogen-bond donors (Lipinski definition) is 0. The molecule has 1 aromatic carbocycles. The monoisotopic (exact) mass is 294 g/mol. The van der Waals surface area contributed by atoms with E-state index in [-0.39, 0.29) is 11.5 Å². The average molecular weight is 296 g/mol. The van der Waals surface area contributed by atoms with Crippen LogP contribution >= 0.6 is 27.5 Å². The van der Waals surface area contributed by atoms with Crippen molar-refractivity contribution in [1.82, 2.24) is 0 Å². The first kappa shape index (κ1) is 12.5. The number of carbonyl (C=O) groups is 1. The van der Waals surface area contributed by atoms with Crippen molar-refractivity contribution in [2.75, 3.05) is 12.2 Å². The van der Waals surface area contributed by atoms with Gasteiger partial charge in [0.05, 0.1) is 10.4 Å². The predicted molar refractivity (Wildman–Crippen MR) is 60.6 cm³/mol. The van der Waals surface area contributed by atoms with Crippen LogP contribution in [0.15, 0.2) is 18.2 Å². The van der Waals surface area contributed by atoms with Crippen molar-refractivity contribution in [3.8, 4) is 5.75 Å². The predicted octanol–water partition coefficient (Wildman–Crippen LogP) is 3.15. The SMILES string of the molecule is O=C(CBr)Cc1ccc(OCF)c(Cl)c1. The molecule has 1 aromatic rings. The fraction of sp³-hybridized carbons (Fsp3) is 0.300. The van der Waals surface area contributed by atoms with Gasteiger partial charge in [0.25, 0.3) is 0 Å². The van der Waals surface area contributed by atoms with E-state index in [1.54, 1.807) is 18.2 Å². The fourth-order valence-electron chi connectivity index (χ4n) is 1.11. The van der Waals surface area contributed by atoms with E-state index in [9.17, 15) is 9.18 Å². The molecule has 0 amide bonds. The van der Waals surface area contributed by atoms with E-state index in [4.69, 9.17) is 11.6 Å². The number of ketones is 1. The minimum atomic E-state index is -0.917. The normalized spacial score (nSPS) is 10.1. The summed E-state index contributed by atoms with van der Waals surface area (Å²) in [6, 6.07) is 4.85. The van der Waals surface area contributed by atoms with Crippen molar-refractivity contribution in [3.63, 3.8) is 0 Å². The second-order valence-electron chi connectivity index (χ2n) is 2.87. The molecule has 0 heterocycles. The molecular weight excluding hydrogens is 286 g/mol. The Kier molecular flexibility index (Phi) is 5.05. The van der Waals surface area contributed by atoms with Gasteiger partial charge in [-0.15, -0.1) is 0 Å². The maximum atomic E-state index is 11.9. The zero-order valence-electron chi connectivity index (χ0n) is 7.80. The summed E-state index contributed by atoms with van der Waals surface area (Å²) in [5.41, 5.74) is 0.788. The van der Waals surface area contributed by atoms with Crippen LogP contribution in [0.25, 0.3) is 0 Å². The highest BCUT2D eigenvalue weighted by Gasteiger charge is 2.06. The third kappa shape index (κ3) is 3.80. The molecule has 0 atom stereocenters. The summed E-state index contributed by atoms with van der Waals surface area (Å²) in [6.07, 6.45) is 0.306. The Hall–Kier alpha value is -0.610. The first-order chi connectivity index (χ1) is 7.17. The lowest BCUT2D eigenvalue weighted by atomic mass is 10.1. The quantitative estimate of drug-likeness (QED) is 0.780. The lowest BCUT2D eigenvalue weighted by Crippen LogP contribution is -2.03.